The van der Waals surface area contributed by atoms with Gasteiger partial charge < -0.3 is 14.6 Å². The summed E-state index contributed by atoms with van der Waals surface area (Å²) in [6, 6.07) is 0. The molecule has 1 aromatic heterocycles. The Morgan fingerprint density at radius 1 is 1.41 bits per heavy atom. The standard InChI is InChI=1S/C13H19F3N4O2/c1-3-22-7-4-17-11(21)10-9-8-19(2)5-6-20(9)12(18-10)13(14,15)16/h3-8H2,1-2H3,(H,17,21). The predicted molar refractivity (Wildman–Crippen MR) is 72.4 cm³/mol. The van der Waals surface area contributed by atoms with Gasteiger partial charge in [-0.3, -0.25) is 9.69 Å². The van der Waals surface area contributed by atoms with E-state index in [-0.39, 0.29) is 25.3 Å². The second kappa shape index (κ2) is 6.66. The second-order valence-electron chi connectivity index (χ2n) is 5.07. The first-order chi connectivity index (χ1) is 10.3. The van der Waals surface area contributed by atoms with E-state index in [1.807, 2.05) is 11.8 Å². The molecule has 1 aromatic rings. The monoisotopic (exact) mass is 320 g/mol. The van der Waals surface area contributed by atoms with Crippen molar-refractivity contribution in [2.24, 2.45) is 0 Å². The third-order valence-electron chi connectivity index (χ3n) is 3.40. The first-order valence-electron chi connectivity index (χ1n) is 7.05. The molecule has 9 heteroatoms. The summed E-state index contributed by atoms with van der Waals surface area (Å²) in [5.41, 5.74) is 0.144. The number of likely N-dealkylation sites (N-methyl/N-ethyl adjacent to an activating group) is 1. The average Bonchev–Trinajstić information content (AvgIpc) is 2.82. The van der Waals surface area contributed by atoms with Crippen LogP contribution in [0.2, 0.25) is 0 Å². The number of nitrogens with zero attached hydrogens (tertiary/aromatic N) is 3. The van der Waals surface area contributed by atoms with Crippen LogP contribution in [0, 0.1) is 0 Å². The highest BCUT2D eigenvalue weighted by Crippen LogP contribution is 2.32. The summed E-state index contributed by atoms with van der Waals surface area (Å²) in [5.74, 6) is -1.61. The third-order valence-corrected chi connectivity index (χ3v) is 3.40. The van der Waals surface area contributed by atoms with Gasteiger partial charge in [0.25, 0.3) is 5.91 Å². The second-order valence-corrected chi connectivity index (χ2v) is 5.07. The van der Waals surface area contributed by atoms with Gasteiger partial charge in [0.1, 0.15) is 0 Å². The fourth-order valence-electron chi connectivity index (χ4n) is 2.36. The van der Waals surface area contributed by atoms with Gasteiger partial charge in [-0.05, 0) is 14.0 Å². The van der Waals surface area contributed by atoms with Gasteiger partial charge in [0.05, 0.1) is 12.3 Å². The minimum atomic E-state index is -4.57. The lowest BCUT2D eigenvalue weighted by molar-refractivity contribution is -0.147. The molecule has 6 nitrogen and oxygen atoms in total. The molecule has 0 unspecified atom stereocenters. The van der Waals surface area contributed by atoms with E-state index in [4.69, 9.17) is 4.74 Å². The highest BCUT2D eigenvalue weighted by molar-refractivity contribution is 5.93. The molecule has 0 radical (unpaired) electrons. The van der Waals surface area contributed by atoms with E-state index in [2.05, 4.69) is 10.3 Å². The number of nitrogens with one attached hydrogen (secondary N) is 1. The molecule has 0 aromatic carbocycles. The number of hydrogen-bond donors (Lipinski definition) is 1. The van der Waals surface area contributed by atoms with Crippen LogP contribution < -0.4 is 5.32 Å². The van der Waals surface area contributed by atoms with Crippen molar-refractivity contribution in [3.8, 4) is 0 Å². The zero-order valence-corrected chi connectivity index (χ0v) is 12.5. The molecule has 1 aliphatic heterocycles. The van der Waals surface area contributed by atoms with E-state index in [1.165, 1.54) is 0 Å². The summed E-state index contributed by atoms with van der Waals surface area (Å²) in [6.45, 7) is 3.79. The van der Waals surface area contributed by atoms with Crippen molar-refractivity contribution in [1.82, 2.24) is 19.8 Å². The smallest absolute Gasteiger partial charge is 0.380 e. The van der Waals surface area contributed by atoms with Crippen molar-refractivity contribution >= 4 is 5.91 Å². The maximum atomic E-state index is 13.1. The Bertz CT molecular complexity index is 542. The number of alkyl halides is 3. The van der Waals surface area contributed by atoms with Crippen LogP contribution in [0.5, 0.6) is 0 Å². The maximum Gasteiger partial charge on any atom is 0.449 e. The summed E-state index contributed by atoms with van der Waals surface area (Å²) >= 11 is 0. The molecule has 2 heterocycles. The number of amides is 1. The van der Waals surface area contributed by atoms with E-state index < -0.39 is 17.9 Å². The largest absolute Gasteiger partial charge is 0.449 e. The lowest BCUT2D eigenvalue weighted by Gasteiger charge is -2.25. The molecule has 0 saturated carbocycles. The van der Waals surface area contributed by atoms with E-state index >= 15 is 0 Å². The van der Waals surface area contributed by atoms with Gasteiger partial charge in [0.15, 0.2) is 5.69 Å². The fraction of sp³-hybridized carbons (Fsp3) is 0.692. The van der Waals surface area contributed by atoms with E-state index in [1.54, 1.807) is 7.05 Å². The number of imidazole rings is 1. The van der Waals surface area contributed by atoms with Gasteiger partial charge in [-0.1, -0.05) is 0 Å². The highest BCUT2D eigenvalue weighted by atomic mass is 19.4. The van der Waals surface area contributed by atoms with Crippen LogP contribution in [-0.4, -0.2) is 53.7 Å². The molecule has 124 valence electrons. The Kier molecular flexibility index (Phi) is 5.07. The third kappa shape index (κ3) is 3.58. The first-order valence-corrected chi connectivity index (χ1v) is 7.05. The van der Waals surface area contributed by atoms with Crippen LogP contribution in [0.4, 0.5) is 13.2 Å². The predicted octanol–water partition coefficient (Wildman–Crippen LogP) is 1.11. The van der Waals surface area contributed by atoms with Crippen LogP contribution in [-0.2, 0) is 24.0 Å². The minimum Gasteiger partial charge on any atom is -0.380 e. The van der Waals surface area contributed by atoms with E-state index in [9.17, 15) is 18.0 Å². The summed E-state index contributed by atoms with van der Waals surface area (Å²) in [5, 5.41) is 2.54. The van der Waals surface area contributed by atoms with Crippen molar-refractivity contribution in [3.63, 3.8) is 0 Å². The Morgan fingerprint density at radius 3 is 2.77 bits per heavy atom. The Hall–Kier alpha value is -1.61. The summed E-state index contributed by atoms with van der Waals surface area (Å²) in [7, 11) is 1.79. The molecular weight excluding hydrogens is 301 g/mol. The molecule has 1 amide bonds. The Labute approximate surface area is 126 Å². The molecule has 0 aliphatic carbocycles. The number of rotatable bonds is 5. The van der Waals surface area contributed by atoms with Crippen molar-refractivity contribution in [3.05, 3.63) is 17.2 Å². The van der Waals surface area contributed by atoms with Crippen LogP contribution in [0.3, 0.4) is 0 Å². The molecule has 2 rings (SSSR count). The quantitative estimate of drug-likeness (QED) is 0.826. The SMILES string of the molecule is CCOCCNC(=O)c1nc(C(F)(F)F)n2c1CN(C)CC2. The number of hydrogen-bond acceptors (Lipinski definition) is 4. The number of aromatic nitrogens is 2. The molecule has 0 bridgehead atoms. The van der Waals surface area contributed by atoms with Gasteiger partial charge in [-0.25, -0.2) is 4.98 Å². The topological polar surface area (TPSA) is 59.4 Å². The number of carbonyl (C=O) groups excluding carboxylic acids is 1. The molecule has 0 atom stereocenters. The zero-order valence-electron chi connectivity index (χ0n) is 12.5. The lowest BCUT2D eigenvalue weighted by atomic mass is 10.2. The van der Waals surface area contributed by atoms with Gasteiger partial charge in [-0.2, -0.15) is 13.2 Å². The molecule has 0 saturated heterocycles. The number of carbonyl (C=O) groups is 1. The number of halogens is 3. The highest BCUT2D eigenvalue weighted by Gasteiger charge is 2.40. The lowest BCUT2D eigenvalue weighted by Crippen LogP contribution is -2.34. The molecule has 1 aliphatic rings. The van der Waals surface area contributed by atoms with Gasteiger partial charge in [0.2, 0.25) is 5.82 Å². The van der Waals surface area contributed by atoms with Crippen molar-refractivity contribution < 1.29 is 22.7 Å². The number of fused-ring (bicyclic) bond motifs is 1. The van der Waals surface area contributed by atoms with Crippen molar-refractivity contribution in [2.75, 3.05) is 33.4 Å². The van der Waals surface area contributed by atoms with Crippen molar-refractivity contribution in [2.45, 2.75) is 26.2 Å². The molecule has 1 N–H and O–H groups in total. The molecule has 22 heavy (non-hydrogen) atoms. The molecular formula is C13H19F3N4O2. The summed E-state index contributed by atoms with van der Waals surface area (Å²) in [4.78, 5) is 17.5. The summed E-state index contributed by atoms with van der Waals surface area (Å²) < 4.78 is 45.3. The van der Waals surface area contributed by atoms with Gasteiger partial charge in [0, 0.05) is 32.8 Å². The van der Waals surface area contributed by atoms with E-state index in [0.717, 1.165) is 4.57 Å². The first kappa shape index (κ1) is 16.8. The van der Waals surface area contributed by atoms with Crippen LogP contribution >= 0.6 is 0 Å². The molecule has 0 spiro atoms. The van der Waals surface area contributed by atoms with E-state index in [0.29, 0.717) is 25.5 Å². The number of ether oxygens (including phenoxy) is 1. The normalized spacial score (nSPS) is 15.7. The zero-order chi connectivity index (χ0) is 16.3. The van der Waals surface area contributed by atoms with Crippen LogP contribution in [0.25, 0.3) is 0 Å². The minimum absolute atomic E-state index is 0.157. The van der Waals surface area contributed by atoms with Crippen LogP contribution in [0.15, 0.2) is 0 Å². The molecule has 0 fully saturated rings. The average molecular weight is 320 g/mol. The maximum absolute atomic E-state index is 13.1. The fourth-order valence-corrected chi connectivity index (χ4v) is 2.36. The van der Waals surface area contributed by atoms with Crippen molar-refractivity contribution in [1.29, 1.82) is 0 Å². The Balaban J connectivity index is 2.23. The van der Waals surface area contributed by atoms with Gasteiger partial charge in [-0.15, -0.1) is 0 Å². The Morgan fingerprint density at radius 2 is 2.14 bits per heavy atom. The van der Waals surface area contributed by atoms with Gasteiger partial charge >= 0.3 is 6.18 Å². The van der Waals surface area contributed by atoms with Crippen LogP contribution in [0.1, 0.15) is 28.9 Å². The summed E-state index contributed by atoms with van der Waals surface area (Å²) in [6.07, 6.45) is -4.57.